The summed E-state index contributed by atoms with van der Waals surface area (Å²) in [7, 11) is 2.84. The summed E-state index contributed by atoms with van der Waals surface area (Å²) in [6.45, 7) is 1.85. The number of fused-ring (bicyclic) bond motifs is 1. The van der Waals surface area contributed by atoms with Crippen molar-refractivity contribution in [2.45, 2.75) is 31.6 Å². The smallest absolute Gasteiger partial charge is 0.337 e. The molecule has 2 aliphatic rings. The third-order valence-corrected chi connectivity index (χ3v) is 6.60. The lowest BCUT2D eigenvalue weighted by Gasteiger charge is -2.34. The zero-order chi connectivity index (χ0) is 24.0. The molecule has 1 aliphatic carbocycles. The molecule has 0 saturated heterocycles. The van der Waals surface area contributed by atoms with Gasteiger partial charge in [0.1, 0.15) is 0 Å². The van der Waals surface area contributed by atoms with Crippen molar-refractivity contribution in [3.63, 3.8) is 0 Å². The highest BCUT2D eigenvalue weighted by molar-refractivity contribution is 6.01. The summed E-state index contributed by atoms with van der Waals surface area (Å²) in [5.74, 6) is 0.126. The maximum atomic E-state index is 13.6. The molecule has 0 amide bonds. The van der Waals surface area contributed by atoms with Gasteiger partial charge in [-0.05, 0) is 54.7 Å². The Morgan fingerprint density at radius 2 is 1.85 bits per heavy atom. The minimum atomic E-state index is -0.417. The highest BCUT2D eigenvalue weighted by Gasteiger charge is 2.41. The lowest BCUT2D eigenvalue weighted by Crippen LogP contribution is -2.29. The Balaban J connectivity index is 1.56. The first-order valence-corrected chi connectivity index (χ1v) is 11.0. The minimum Gasteiger partial charge on any atom is -0.504 e. The van der Waals surface area contributed by atoms with E-state index in [1.165, 1.54) is 14.2 Å². The summed E-state index contributed by atoms with van der Waals surface area (Å²) in [5, 5.41) is 17.4. The van der Waals surface area contributed by atoms with Crippen molar-refractivity contribution >= 4 is 17.6 Å². The second kappa shape index (κ2) is 8.37. The van der Waals surface area contributed by atoms with E-state index in [2.05, 4.69) is 10.5 Å². The van der Waals surface area contributed by atoms with E-state index in [4.69, 9.17) is 14.0 Å². The second-order valence-corrected chi connectivity index (χ2v) is 8.53. The SMILES string of the molecule is COC(=O)c1ccc([C@@H]2C3=C(C[C@@H](c4ccc(O)c(OC)c4)CC3=O)Nc3onc(C)c32)cc1. The zero-order valence-corrected chi connectivity index (χ0v) is 19.0. The predicted octanol–water partition coefficient (Wildman–Crippen LogP) is 4.44. The highest BCUT2D eigenvalue weighted by atomic mass is 16.5. The third-order valence-electron chi connectivity index (χ3n) is 6.60. The van der Waals surface area contributed by atoms with E-state index in [0.29, 0.717) is 41.3 Å². The van der Waals surface area contributed by atoms with Crippen LogP contribution in [0.25, 0.3) is 0 Å². The molecular formula is C26H24N2O6. The van der Waals surface area contributed by atoms with Crippen molar-refractivity contribution in [1.82, 2.24) is 5.16 Å². The van der Waals surface area contributed by atoms with Crippen LogP contribution >= 0.6 is 0 Å². The van der Waals surface area contributed by atoms with Crippen molar-refractivity contribution < 1.29 is 28.7 Å². The molecule has 2 aromatic carbocycles. The average molecular weight is 460 g/mol. The molecule has 2 atom stereocenters. The number of Topliss-reactive ketones (excluding diaryl/α,β-unsaturated/α-hetero) is 1. The van der Waals surface area contributed by atoms with Gasteiger partial charge >= 0.3 is 5.97 Å². The fraction of sp³-hybridized carbons (Fsp3) is 0.269. The van der Waals surface area contributed by atoms with Crippen molar-refractivity contribution in [2.24, 2.45) is 0 Å². The number of ether oxygens (including phenoxy) is 2. The van der Waals surface area contributed by atoms with E-state index < -0.39 is 5.97 Å². The number of esters is 1. The molecule has 1 aliphatic heterocycles. The summed E-state index contributed by atoms with van der Waals surface area (Å²) >= 11 is 0. The number of phenols is 1. The molecule has 8 nitrogen and oxygen atoms in total. The summed E-state index contributed by atoms with van der Waals surface area (Å²) in [6, 6.07) is 12.3. The lowest BCUT2D eigenvalue weighted by atomic mass is 9.72. The molecule has 0 spiro atoms. The first-order chi connectivity index (χ1) is 16.4. The maximum absolute atomic E-state index is 13.6. The number of rotatable bonds is 4. The van der Waals surface area contributed by atoms with E-state index >= 15 is 0 Å². The van der Waals surface area contributed by atoms with Crippen LogP contribution in [-0.4, -0.2) is 36.2 Å². The Bertz CT molecular complexity index is 1320. The van der Waals surface area contributed by atoms with Gasteiger partial charge in [-0.1, -0.05) is 23.4 Å². The molecule has 0 saturated carbocycles. The van der Waals surface area contributed by atoms with Gasteiger partial charge in [0.15, 0.2) is 17.3 Å². The molecule has 174 valence electrons. The molecule has 8 heteroatoms. The van der Waals surface area contributed by atoms with Crippen molar-refractivity contribution in [2.75, 3.05) is 19.5 Å². The number of allylic oxidation sites excluding steroid dienone is 2. The van der Waals surface area contributed by atoms with Gasteiger partial charge in [0.05, 0.1) is 31.0 Å². The number of aromatic hydroxyl groups is 1. The number of ketones is 1. The molecule has 3 aromatic rings. The monoisotopic (exact) mass is 460 g/mol. The topological polar surface area (TPSA) is 111 Å². The standard InChI is InChI=1S/C26H24N2O6/c1-13-22-23(14-4-6-15(7-5-14)26(31)33-3)24-18(27-25(22)34-28-13)10-17(11-20(24)30)16-8-9-19(29)21(12-16)32-2/h4-9,12,17,23,27,29H,10-11H2,1-3H3/t17-,23+/m1/s1. The number of benzene rings is 2. The van der Waals surface area contributed by atoms with Crippen LogP contribution < -0.4 is 10.1 Å². The molecule has 0 radical (unpaired) electrons. The molecule has 5 rings (SSSR count). The number of anilines is 1. The van der Waals surface area contributed by atoms with Gasteiger partial charge in [-0.15, -0.1) is 0 Å². The summed E-state index contributed by atoms with van der Waals surface area (Å²) in [5.41, 5.74) is 5.22. The number of aryl methyl sites for hydroxylation is 1. The van der Waals surface area contributed by atoms with Crippen molar-refractivity contribution in [3.8, 4) is 11.5 Å². The Morgan fingerprint density at radius 1 is 1.12 bits per heavy atom. The van der Waals surface area contributed by atoms with Crippen molar-refractivity contribution in [1.29, 1.82) is 0 Å². The van der Waals surface area contributed by atoms with Crippen LogP contribution in [0.2, 0.25) is 0 Å². The molecular weight excluding hydrogens is 436 g/mol. The van der Waals surface area contributed by atoms with E-state index in [1.807, 2.05) is 25.1 Å². The number of hydrogen-bond acceptors (Lipinski definition) is 8. The third kappa shape index (κ3) is 3.51. The molecule has 0 bridgehead atoms. The molecule has 1 aromatic heterocycles. The van der Waals surface area contributed by atoms with Gasteiger partial charge in [-0.3, -0.25) is 4.79 Å². The Hall–Kier alpha value is -4.07. The van der Waals surface area contributed by atoms with Crippen LogP contribution in [0.5, 0.6) is 11.5 Å². The summed E-state index contributed by atoms with van der Waals surface area (Å²) < 4.78 is 15.6. The van der Waals surface area contributed by atoms with Gasteiger partial charge in [0.2, 0.25) is 5.88 Å². The minimum absolute atomic E-state index is 0.0269. The molecule has 2 N–H and O–H groups in total. The van der Waals surface area contributed by atoms with Gasteiger partial charge in [0, 0.05) is 23.6 Å². The Morgan fingerprint density at radius 3 is 2.56 bits per heavy atom. The van der Waals surface area contributed by atoms with Gasteiger partial charge in [0.25, 0.3) is 0 Å². The average Bonchev–Trinajstić information content (AvgIpc) is 3.22. The fourth-order valence-electron chi connectivity index (χ4n) is 4.92. The number of hydrogen-bond donors (Lipinski definition) is 2. The number of aromatic nitrogens is 1. The number of nitrogens with one attached hydrogen (secondary N) is 1. The van der Waals surface area contributed by atoms with Crippen LogP contribution in [0.3, 0.4) is 0 Å². The molecule has 0 fully saturated rings. The van der Waals surface area contributed by atoms with E-state index in [-0.39, 0.29) is 23.4 Å². The van der Waals surface area contributed by atoms with Gasteiger partial charge in [-0.2, -0.15) is 0 Å². The summed E-state index contributed by atoms with van der Waals surface area (Å²) in [4.78, 5) is 25.5. The predicted molar refractivity (Wildman–Crippen MR) is 123 cm³/mol. The summed E-state index contributed by atoms with van der Waals surface area (Å²) in [6.07, 6.45) is 0.912. The van der Waals surface area contributed by atoms with Crippen LogP contribution in [0.15, 0.2) is 58.3 Å². The number of carbonyl (C=O) groups is 2. The zero-order valence-electron chi connectivity index (χ0n) is 19.0. The fourth-order valence-corrected chi connectivity index (χ4v) is 4.92. The van der Waals surface area contributed by atoms with E-state index in [9.17, 15) is 14.7 Å². The first kappa shape index (κ1) is 21.8. The Labute approximate surface area is 196 Å². The second-order valence-electron chi connectivity index (χ2n) is 8.53. The quantitative estimate of drug-likeness (QED) is 0.550. The molecule has 34 heavy (non-hydrogen) atoms. The van der Waals surface area contributed by atoms with Crippen LogP contribution in [0, 0.1) is 6.92 Å². The number of methoxy groups -OCH3 is 2. The van der Waals surface area contributed by atoms with E-state index in [0.717, 1.165) is 22.4 Å². The van der Waals surface area contributed by atoms with Crippen molar-refractivity contribution in [3.05, 3.63) is 81.7 Å². The number of nitrogens with zero attached hydrogens (tertiary/aromatic N) is 1. The van der Waals surface area contributed by atoms with Gasteiger partial charge < -0.3 is 24.4 Å². The normalized spacial score (nSPS) is 19.2. The highest BCUT2D eigenvalue weighted by Crippen LogP contribution is 2.49. The van der Waals surface area contributed by atoms with Crippen LogP contribution in [-0.2, 0) is 9.53 Å². The maximum Gasteiger partial charge on any atom is 0.337 e. The van der Waals surface area contributed by atoms with Gasteiger partial charge in [-0.25, -0.2) is 4.79 Å². The molecule has 0 unspecified atom stereocenters. The number of carbonyl (C=O) groups excluding carboxylic acids is 2. The largest absolute Gasteiger partial charge is 0.504 e. The lowest BCUT2D eigenvalue weighted by molar-refractivity contribution is -0.116. The Kier molecular flexibility index (Phi) is 5.36. The van der Waals surface area contributed by atoms with E-state index in [1.54, 1.807) is 24.3 Å². The van der Waals surface area contributed by atoms with Crippen LogP contribution in [0.1, 0.15) is 57.4 Å². The van der Waals surface area contributed by atoms with Crippen LogP contribution in [0.4, 0.5) is 5.88 Å². The first-order valence-electron chi connectivity index (χ1n) is 11.0. The number of phenolic OH excluding ortho intramolecular Hbond substituents is 1. The molecule has 2 heterocycles.